The lowest BCUT2D eigenvalue weighted by Gasteiger charge is -2.17. The van der Waals surface area contributed by atoms with Crippen LogP contribution in [0.25, 0.3) is 10.8 Å². The van der Waals surface area contributed by atoms with Crippen LogP contribution in [-0.2, 0) is 11.3 Å². The number of carbonyl (C=O) groups excluding carboxylic acids is 1. The van der Waals surface area contributed by atoms with Gasteiger partial charge in [0.05, 0.1) is 0 Å². The number of carbonyl (C=O) groups is 1. The van der Waals surface area contributed by atoms with Crippen molar-refractivity contribution in [2.24, 2.45) is 5.73 Å². The van der Waals surface area contributed by atoms with Crippen molar-refractivity contribution >= 4 is 16.7 Å². The molecular weight excluding hydrogens is 264 g/mol. The summed E-state index contributed by atoms with van der Waals surface area (Å²) < 4.78 is 5.78. The van der Waals surface area contributed by atoms with E-state index >= 15 is 0 Å². The number of nitrogens with two attached hydrogens (primary N) is 1. The zero-order valence-corrected chi connectivity index (χ0v) is 12.1. The summed E-state index contributed by atoms with van der Waals surface area (Å²) in [6.07, 6.45) is 1.04. The van der Waals surface area contributed by atoms with E-state index in [2.05, 4.69) is 11.9 Å². The zero-order valence-electron chi connectivity index (χ0n) is 12.1. The molecule has 0 saturated carbocycles. The van der Waals surface area contributed by atoms with E-state index in [4.69, 9.17) is 10.5 Å². The van der Waals surface area contributed by atoms with Gasteiger partial charge < -0.3 is 15.8 Å². The van der Waals surface area contributed by atoms with Crippen LogP contribution in [0.2, 0.25) is 0 Å². The Hall–Kier alpha value is -2.33. The zero-order chi connectivity index (χ0) is 15.2. The van der Waals surface area contributed by atoms with Crippen LogP contribution in [0.15, 0.2) is 49.1 Å². The van der Waals surface area contributed by atoms with Crippen molar-refractivity contribution in [2.75, 3.05) is 6.54 Å². The van der Waals surface area contributed by atoms with E-state index < -0.39 is 6.10 Å². The third-order valence-electron chi connectivity index (χ3n) is 3.30. The van der Waals surface area contributed by atoms with Crippen molar-refractivity contribution in [3.05, 3.63) is 54.6 Å². The standard InChI is InChI=1S/C17H20N2O2/c1-3-10-19-17(20)12(2)21-16-9-8-13-6-4-5-7-14(13)15(16)11-18/h3-9,12H,1,10-11,18H2,2H3,(H,19,20). The second-order valence-corrected chi connectivity index (χ2v) is 4.76. The Labute approximate surface area is 124 Å². The van der Waals surface area contributed by atoms with Gasteiger partial charge in [-0.25, -0.2) is 0 Å². The molecular formula is C17H20N2O2. The summed E-state index contributed by atoms with van der Waals surface area (Å²) in [5.74, 6) is 0.475. The SMILES string of the molecule is C=CCNC(=O)C(C)Oc1ccc2ccccc2c1CN. The fourth-order valence-electron chi connectivity index (χ4n) is 2.20. The van der Waals surface area contributed by atoms with Crippen LogP contribution in [0, 0.1) is 0 Å². The van der Waals surface area contributed by atoms with Crippen molar-refractivity contribution in [2.45, 2.75) is 19.6 Å². The molecule has 0 radical (unpaired) electrons. The molecule has 1 unspecified atom stereocenters. The van der Waals surface area contributed by atoms with E-state index in [0.717, 1.165) is 16.3 Å². The Morgan fingerprint density at radius 2 is 2.14 bits per heavy atom. The first-order valence-corrected chi connectivity index (χ1v) is 6.93. The molecule has 110 valence electrons. The fraction of sp³-hybridized carbons (Fsp3) is 0.235. The number of hydrogen-bond donors (Lipinski definition) is 2. The van der Waals surface area contributed by atoms with Crippen LogP contribution < -0.4 is 15.8 Å². The topological polar surface area (TPSA) is 64.3 Å². The van der Waals surface area contributed by atoms with Gasteiger partial charge in [-0.3, -0.25) is 4.79 Å². The first kappa shape index (κ1) is 15.1. The molecule has 4 heteroatoms. The minimum Gasteiger partial charge on any atom is -0.481 e. The van der Waals surface area contributed by atoms with Crippen LogP contribution in [-0.4, -0.2) is 18.6 Å². The molecule has 0 heterocycles. The second kappa shape index (κ2) is 6.90. The van der Waals surface area contributed by atoms with E-state index in [1.54, 1.807) is 13.0 Å². The second-order valence-electron chi connectivity index (χ2n) is 4.76. The Bertz CT molecular complexity index is 652. The number of hydrogen-bond acceptors (Lipinski definition) is 3. The molecule has 0 aliphatic carbocycles. The lowest BCUT2D eigenvalue weighted by molar-refractivity contribution is -0.127. The predicted molar refractivity (Wildman–Crippen MR) is 85.1 cm³/mol. The number of fused-ring (bicyclic) bond motifs is 1. The largest absolute Gasteiger partial charge is 0.481 e. The average molecular weight is 284 g/mol. The van der Waals surface area contributed by atoms with E-state index in [0.29, 0.717) is 18.8 Å². The third-order valence-corrected chi connectivity index (χ3v) is 3.30. The molecule has 0 saturated heterocycles. The van der Waals surface area contributed by atoms with Crippen molar-refractivity contribution in [1.29, 1.82) is 0 Å². The maximum atomic E-state index is 11.9. The van der Waals surface area contributed by atoms with Crippen molar-refractivity contribution in [3.63, 3.8) is 0 Å². The predicted octanol–water partition coefficient (Wildman–Crippen LogP) is 2.37. The average Bonchev–Trinajstić information content (AvgIpc) is 2.52. The normalized spacial score (nSPS) is 11.9. The summed E-state index contributed by atoms with van der Waals surface area (Å²) in [6, 6.07) is 11.8. The van der Waals surface area contributed by atoms with Crippen molar-refractivity contribution in [1.82, 2.24) is 5.32 Å². The lowest BCUT2D eigenvalue weighted by Crippen LogP contribution is -2.36. The summed E-state index contributed by atoms with van der Waals surface area (Å²) in [5.41, 5.74) is 6.77. The van der Waals surface area contributed by atoms with Crippen molar-refractivity contribution < 1.29 is 9.53 Å². The Morgan fingerprint density at radius 3 is 2.86 bits per heavy atom. The molecule has 2 aromatic rings. The third kappa shape index (κ3) is 3.41. The van der Waals surface area contributed by atoms with Gasteiger partial charge in [0, 0.05) is 18.7 Å². The maximum absolute atomic E-state index is 11.9. The smallest absolute Gasteiger partial charge is 0.261 e. The molecule has 4 nitrogen and oxygen atoms in total. The Balaban J connectivity index is 2.25. The molecule has 0 spiro atoms. The molecule has 0 fully saturated rings. The number of benzene rings is 2. The minimum absolute atomic E-state index is 0.175. The highest BCUT2D eigenvalue weighted by atomic mass is 16.5. The highest BCUT2D eigenvalue weighted by Gasteiger charge is 2.16. The van der Waals surface area contributed by atoms with Crippen molar-refractivity contribution in [3.8, 4) is 5.75 Å². The molecule has 1 amide bonds. The molecule has 1 atom stereocenters. The highest BCUT2D eigenvalue weighted by molar-refractivity contribution is 5.88. The van der Waals surface area contributed by atoms with Gasteiger partial charge in [0.15, 0.2) is 6.10 Å². The van der Waals surface area contributed by atoms with Crippen LogP contribution in [0.1, 0.15) is 12.5 Å². The number of nitrogens with one attached hydrogen (secondary N) is 1. The summed E-state index contributed by atoms with van der Waals surface area (Å²) in [6.45, 7) is 6.07. The number of amides is 1. The monoisotopic (exact) mass is 284 g/mol. The van der Waals surface area contributed by atoms with E-state index in [-0.39, 0.29) is 5.91 Å². The van der Waals surface area contributed by atoms with E-state index in [1.807, 2.05) is 36.4 Å². The molecule has 3 N–H and O–H groups in total. The number of ether oxygens (including phenoxy) is 1. The van der Waals surface area contributed by atoms with E-state index in [1.165, 1.54) is 0 Å². The summed E-state index contributed by atoms with van der Waals surface area (Å²) in [7, 11) is 0. The molecule has 21 heavy (non-hydrogen) atoms. The van der Waals surface area contributed by atoms with Gasteiger partial charge in [-0.1, -0.05) is 36.4 Å². The molecule has 2 aromatic carbocycles. The lowest BCUT2D eigenvalue weighted by atomic mass is 10.0. The molecule has 0 aromatic heterocycles. The van der Waals surface area contributed by atoms with E-state index in [9.17, 15) is 4.79 Å². The summed E-state index contributed by atoms with van der Waals surface area (Å²) >= 11 is 0. The Morgan fingerprint density at radius 1 is 1.38 bits per heavy atom. The van der Waals surface area contributed by atoms with Crippen LogP contribution >= 0.6 is 0 Å². The van der Waals surface area contributed by atoms with Gasteiger partial charge in [-0.05, 0) is 23.8 Å². The molecule has 0 bridgehead atoms. The molecule has 0 aliphatic heterocycles. The first-order chi connectivity index (χ1) is 10.2. The summed E-state index contributed by atoms with van der Waals surface area (Å²) in [4.78, 5) is 11.9. The maximum Gasteiger partial charge on any atom is 0.261 e. The van der Waals surface area contributed by atoms with Crippen LogP contribution in [0.4, 0.5) is 0 Å². The summed E-state index contributed by atoms with van der Waals surface area (Å²) in [5, 5.41) is 4.87. The quantitative estimate of drug-likeness (QED) is 0.800. The highest BCUT2D eigenvalue weighted by Crippen LogP contribution is 2.28. The number of rotatable bonds is 6. The van der Waals surface area contributed by atoms with Crippen LogP contribution in [0.5, 0.6) is 5.75 Å². The first-order valence-electron chi connectivity index (χ1n) is 6.93. The van der Waals surface area contributed by atoms with Gasteiger partial charge >= 0.3 is 0 Å². The molecule has 2 rings (SSSR count). The van der Waals surface area contributed by atoms with Gasteiger partial charge in [0.2, 0.25) is 0 Å². The van der Waals surface area contributed by atoms with Gasteiger partial charge in [-0.15, -0.1) is 6.58 Å². The van der Waals surface area contributed by atoms with Gasteiger partial charge in [0.1, 0.15) is 5.75 Å². The molecule has 0 aliphatic rings. The van der Waals surface area contributed by atoms with Gasteiger partial charge in [0.25, 0.3) is 5.91 Å². The van der Waals surface area contributed by atoms with Gasteiger partial charge in [-0.2, -0.15) is 0 Å². The fourth-order valence-corrected chi connectivity index (χ4v) is 2.20. The minimum atomic E-state index is -0.587. The Kier molecular flexibility index (Phi) is 4.95. The van der Waals surface area contributed by atoms with Crippen LogP contribution in [0.3, 0.4) is 0 Å².